The van der Waals surface area contributed by atoms with Gasteiger partial charge in [0.15, 0.2) is 0 Å². The van der Waals surface area contributed by atoms with Gasteiger partial charge in [0.2, 0.25) is 0 Å². The SMILES string of the molecule is CCC(c1ccccc1F)N1CCCC1CNC. The van der Waals surface area contributed by atoms with E-state index < -0.39 is 0 Å². The Morgan fingerprint density at radius 1 is 1.44 bits per heavy atom. The first-order valence-electron chi connectivity index (χ1n) is 6.92. The van der Waals surface area contributed by atoms with Crippen LogP contribution in [-0.2, 0) is 0 Å². The lowest BCUT2D eigenvalue weighted by Crippen LogP contribution is -2.39. The highest BCUT2D eigenvalue weighted by Crippen LogP contribution is 2.32. The predicted molar refractivity (Wildman–Crippen MR) is 73.1 cm³/mol. The monoisotopic (exact) mass is 250 g/mol. The van der Waals surface area contributed by atoms with E-state index in [0.29, 0.717) is 6.04 Å². The van der Waals surface area contributed by atoms with Crippen LogP contribution < -0.4 is 5.32 Å². The second-order valence-corrected chi connectivity index (χ2v) is 5.04. The molecule has 1 fully saturated rings. The fourth-order valence-corrected chi connectivity index (χ4v) is 3.10. The van der Waals surface area contributed by atoms with Gasteiger partial charge in [0.25, 0.3) is 0 Å². The maximum atomic E-state index is 14.0. The first-order valence-corrected chi connectivity index (χ1v) is 6.92. The van der Waals surface area contributed by atoms with E-state index in [2.05, 4.69) is 17.1 Å². The number of rotatable bonds is 5. The lowest BCUT2D eigenvalue weighted by Gasteiger charge is -2.33. The minimum absolute atomic E-state index is 0.0699. The van der Waals surface area contributed by atoms with Crippen LogP contribution in [0.4, 0.5) is 4.39 Å². The molecule has 0 aromatic heterocycles. The van der Waals surface area contributed by atoms with Crippen molar-refractivity contribution in [3.63, 3.8) is 0 Å². The number of halogens is 1. The van der Waals surface area contributed by atoms with Crippen LogP contribution in [0.5, 0.6) is 0 Å². The summed E-state index contributed by atoms with van der Waals surface area (Å²) < 4.78 is 14.0. The first kappa shape index (κ1) is 13.5. The molecule has 1 saturated heterocycles. The molecule has 100 valence electrons. The molecule has 1 aromatic carbocycles. The summed E-state index contributed by atoms with van der Waals surface area (Å²) in [5.41, 5.74) is 0.850. The molecule has 3 heteroatoms. The summed E-state index contributed by atoms with van der Waals surface area (Å²) in [6.45, 7) is 4.22. The van der Waals surface area contributed by atoms with Gasteiger partial charge in [0.1, 0.15) is 5.82 Å². The molecule has 0 amide bonds. The third kappa shape index (κ3) is 2.73. The second-order valence-electron chi connectivity index (χ2n) is 5.04. The van der Waals surface area contributed by atoms with E-state index in [4.69, 9.17) is 0 Å². The molecule has 0 spiro atoms. The zero-order chi connectivity index (χ0) is 13.0. The Labute approximate surface area is 109 Å². The van der Waals surface area contributed by atoms with E-state index in [1.165, 1.54) is 12.8 Å². The van der Waals surface area contributed by atoms with Crippen LogP contribution in [0.15, 0.2) is 24.3 Å². The highest BCUT2D eigenvalue weighted by Gasteiger charge is 2.31. The molecular weight excluding hydrogens is 227 g/mol. The molecule has 0 aliphatic carbocycles. The average Bonchev–Trinajstić information content (AvgIpc) is 2.82. The molecule has 2 atom stereocenters. The molecule has 2 nitrogen and oxygen atoms in total. The van der Waals surface area contributed by atoms with E-state index in [-0.39, 0.29) is 11.9 Å². The fourth-order valence-electron chi connectivity index (χ4n) is 3.10. The third-order valence-corrected chi connectivity index (χ3v) is 3.91. The van der Waals surface area contributed by atoms with E-state index in [9.17, 15) is 4.39 Å². The third-order valence-electron chi connectivity index (χ3n) is 3.91. The van der Waals surface area contributed by atoms with Crippen LogP contribution >= 0.6 is 0 Å². The van der Waals surface area contributed by atoms with Gasteiger partial charge in [0, 0.05) is 24.2 Å². The number of nitrogens with zero attached hydrogens (tertiary/aromatic N) is 1. The Kier molecular flexibility index (Phi) is 4.72. The standard InChI is InChI=1S/C15H23FN2/c1-3-15(13-8-4-5-9-14(13)16)18-10-6-7-12(18)11-17-2/h4-5,8-9,12,15,17H,3,6-7,10-11H2,1-2H3. The summed E-state index contributed by atoms with van der Waals surface area (Å²) in [5, 5.41) is 3.25. The molecule has 1 N–H and O–H groups in total. The Hall–Kier alpha value is -0.930. The normalized spacial score (nSPS) is 22.3. The molecule has 18 heavy (non-hydrogen) atoms. The predicted octanol–water partition coefficient (Wildman–Crippen LogP) is 2.96. The zero-order valence-electron chi connectivity index (χ0n) is 11.3. The smallest absolute Gasteiger partial charge is 0.127 e. The van der Waals surface area contributed by atoms with Crippen molar-refractivity contribution >= 4 is 0 Å². The van der Waals surface area contributed by atoms with E-state index >= 15 is 0 Å². The van der Waals surface area contributed by atoms with Gasteiger partial charge in [0.05, 0.1) is 0 Å². The van der Waals surface area contributed by atoms with Gasteiger partial charge in [-0.3, -0.25) is 4.90 Å². The molecule has 1 aromatic rings. The molecule has 2 rings (SSSR count). The topological polar surface area (TPSA) is 15.3 Å². The fraction of sp³-hybridized carbons (Fsp3) is 0.600. The number of likely N-dealkylation sites (tertiary alicyclic amines) is 1. The van der Waals surface area contributed by atoms with Crippen molar-refractivity contribution < 1.29 is 4.39 Å². The van der Waals surface area contributed by atoms with Gasteiger partial charge in [-0.05, 0) is 38.9 Å². The Morgan fingerprint density at radius 2 is 2.22 bits per heavy atom. The molecular formula is C15H23FN2. The van der Waals surface area contributed by atoms with Gasteiger partial charge in [-0.2, -0.15) is 0 Å². The van der Waals surface area contributed by atoms with E-state index in [1.54, 1.807) is 12.1 Å². The lowest BCUT2D eigenvalue weighted by atomic mass is 10.0. The molecule has 1 aliphatic rings. The van der Waals surface area contributed by atoms with Gasteiger partial charge < -0.3 is 5.32 Å². The Morgan fingerprint density at radius 3 is 2.89 bits per heavy atom. The van der Waals surface area contributed by atoms with E-state index in [0.717, 1.165) is 25.1 Å². The summed E-state index contributed by atoms with van der Waals surface area (Å²) in [6, 6.07) is 7.95. The van der Waals surface area contributed by atoms with Gasteiger partial charge in [-0.25, -0.2) is 4.39 Å². The molecule has 0 bridgehead atoms. The summed E-state index contributed by atoms with van der Waals surface area (Å²) >= 11 is 0. The number of nitrogens with one attached hydrogen (secondary N) is 1. The van der Waals surface area contributed by atoms with Crippen LogP contribution in [0, 0.1) is 5.82 Å². The maximum absolute atomic E-state index is 14.0. The number of likely N-dealkylation sites (N-methyl/N-ethyl adjacent to an activating group) is 1. The Balaban J connectivity index is 2.20. The van der Waals surface area contributed by atoms with Crippen molar-refractivity contribution in [3.05, 3.63) is 35.6 Å². The van der Waals surface area contributed by atoms with Crippen molar-refractivity contribution in [2.45, 2.75) is 38.3 Å². The number of hydrogen-bond donors (Lipinski definition) is 1. The minimum Gasteiger partial charge on any atom is -0.318 e. The average molecular weight is 250 g/mol. The number of hydrogen-bond acceptors (Lipinski definition) is 2. The summed E-state index contributed by atoms with van der Waals surface area (Å²) in [4.78, 5) is 2.47. The van der Waals surface area contributed by atoms with Crippen LogP contribution in [0.2, 0.25) is 0 Å². The molecule has 2 unspecified atom stereocenters. The first-order chi connectivity index (χ1) is 8.77. The van der Waals surface area contributed by atoms with Crippen LogP contribution in [0.3, 0.4) is 0 Å². The molecule has 1 heterocycles. The molecule has 1 aliphatic heterocycles. The van der Waals surface area contributed by atoms with Crippen molar-refractivity contribution in [1.29, 1.82) is 0 Å². The summed E-state index contributed by atoms with van der Waals surface area (Å²) in [6.07, 6.45) is 3.39. The highest BCUT2D eigenvalue weighted by molar-refractivity contribution is 5.21. The molecule has 0 radical (unpaired) electrons. The summed E-state index contributed by atoms with van der Waals surface area (Å²) in [5.74, 6) is -0.0699. The van der Waals surface area contributed by atoms with Crippen molar-refractivity contribution in [1.82, 2.24) is 10.2 Å². The maximum Gasteiger partial charge on any atom is 0.127 e. The van der Waals surface area contributed by atoms with Crippen molar-refractivity contribution in [2.24, 2.45) is 0 Å². The van der Waals surface area contributed by atoms with Crippen molar-refractivity contribution in [2.75, 3.05) is 20.1 Å². The van der Waals surface area contributed by atoms with Crippen LogP contribution in [0.25, 0.3) is 0 Å². The van der Waals surface area contributed by atoms with Crippen molar-refractivity contribution in [3.8, 4) is 0 Å². The lowest BCUT2D eigenvalue weighted by molar-refractivity contribution is 0.170. The van der Waals surface area contributed by atoms with E-state index in [1.807, 2.05) is 19.2 Å². The largest absolute Gasteiger partial charge is 0.318 e. The van der Waals surface area contributed by atoms with Gasteiger partial charge >= 0.3 is 0 Å². The Bertz CT molecular complexity index is 381. The van der Waals surface area contributed by atoms with Crippen LogP contribution in [-0.4, -0.2) is 31.1 Å². The van der Waals surface area contributed by atoms with Gasteiger partial charge in [-0.1, -0.05) is 25.1 Å². The second kappa shape index (κ2) is 6.30. The van der Waals surface area contributed by atoms with Gasteiger partial charge in [-0.15, -0.1) is 0 Å². The minimum atomic E-state index is -0.0699. The quantitative estimate of drug-likeness (QED) is 0.864. The molecule has 0 saturated carbocycles. The highest BCUT2D eigenvalue weighted by atomic mass is 19.1. The summed E-state index contributed by atoms with van der Waals surface area (Å²) in [7, 11) is 1.99. The van der Waals surface area contributed by atoms with Crippen LogP contribution in [0.1, 0.15) is 37.8 Å². The zero-order valence-corrected chi connectivity index (χ0v) is 11.3. The number of benzene rings is 1.